The molecule has 0 radical (unpaired) electrons. The quantitative estimate of drug-likeness (QED) is 0.716. The van der Waals surface area contributed by atoms with Crippen molar-refractivity contribution < 1.29 is 18.3 Å². The molecule has 1 aliphatic carbocycles. The Kier molecular flexibility index (Phi) is 5.51. The van der Waals surface area contributed by atoms with Gasteiger partial charge < -0.3 is 15.4 Å². The molecule has 4 nitrogen and oxygen atoms in total. The van der Waals surface area contributed by atoms with Gasteiger partial charge in [0.25, 0.3) is 6.43 Å². The van der Waals surface area contributed by atoms with Gasteiger partial charge in [0, 0.05) is 12.5 Å². The number of amides is 1. The number of alkyl halides is 2. The lowest BCUT2D eigenvalue weighted by molar-refractivity contribution is -0.123. The first-order valence-corrected chi connectivity index (χ1v) is 7.01. The molecule has 1 saturated carbocycles. The minimum Gasteiger partial charge on any atom is -0.375 e. The Balaban J connectivity index is 1.60. The lowest BCUT2D eigenvalue weighted by Crippen LogP contribution is -2.41. The summed E-state index contributed by atoms with van der Waals surface area (Å²) < 4.78 is 28.4. The Morgan fingerprint density at radius 3 is 2.89 bits per heavy atom. The molecular formula is C13H22F2N2O2. The van der Waals surface area contributed by atoms with Crippen molar-refractivity contribution in [1.29, 1.82) is 0 Å². The fourth-order valence-electron chi connectivity index (χ4n) is 3.07. The summed E-state index contributed by atoms with van der Waals surface area (Å²) in [7, 11) is 0. The van der Waals surface area contributed by atoms with Crippen LogP contribution in [0.1, 0.15) is 25.7 Å². The lowest BCUT2D eigenvalue weighted by Gasteiger charge is -2.31. The van der Waals surface area contributed by atoms with Crippen LogP contribution in [0.15, 0.2) is 0 Å². The predicted molar refractivity (Wildman–Crippen MR) is 67.1 cm³/mol. The van der Waals surface area contributed by atoms with Gasteiger partial charge in [-0.1, -0.05) is 0 Å². The molecule has 0 spiro atoms. The largest absolute Gasteiger partial charge is 0.375 e. The second kappa shape index (κ2) is 7.14. The van der Waals surface area contributed by atoms with Crippen molar-refractivity contribution in [2.24, 2.45) is 11.8 Å². The third-order valence-electron chi connectivity index (χ3n) is 4.04. The van der Waals surface area contributed by atoms with E-state index in [1.807, 2.05) is 0 Å². The summed E-state index contributed by atoms with van der Waals surface area (Å²) in [5.41, 5.74) is 0. The SMILES string of the molecule is O=C(CCOCC(F)F)NC1CC[C@H]2CNC[C@H]2C1. The van der Waals surface area contributed by atoms with Gasteiger partial charge in [-0.3, -0.25) is 4.79 Å². The molecule has 0 aromatic rings. The van der Waals surface area contributed by atoms with E-state index >= 15 is 0 Å². The summed E-state index contributed by atoms with van der Waals surface area (Å²) in [5.74, 6) is 1.35. The van der Waals surface area contributed by atoms with Gasteiger partial charge in [-0.2, -0.15) is 0 Å². The molecule has 6 heteroatoms. The molecule has 2 aliphatic rings. The Labute approximate surface area is 112 Å². The number of ether oxygens (including phenoxy) is 1. The summed E-state index contributed by atoms with van der Waals surface area (Å²) in [4.78, 5) is 11.7. The fraction of sp³-hybridized carbons (Fsp3) is 0.923. The number of carbonyl (C=O) groups is 1. The predicted octanol–water partition coefficient (Wildman–Crippen LogP) is 1.16. The fourth-order valence-corrected chi connectivity index (χ4v) is 3.07. The molecule has 1 unspecified atom stereocenters. The van der Waals surface area contributed by atoms with Gasteiger partial charge in [-0.05, 0) is 44.2 Å². The van der Waals surface area contributed by atoms with Crippen LogP contribution in [0.3, 0.4) is 0 Å². The van der Waals surface area contributed by atoms with Gasteiger partial charge in [0.2, 0.25) is 5.91 Å². The summed E-state index contributed by atoms with van der Waals surface area (Å²) in [6.45, 7) is 1.63. The molecule has 110 valence electrons. The molecule has 1 saturated heterocycles. The summed E-state index contributed by atoms with van der Waals surface area (Å²) in [6.07, 6.45) is 0.904. The van der Waals surface area contributed by atoms with E-state index in [9.17, 15) is 13.6 Å². The Morgan fingerprint density at radius 1 is 1.32 bits per heavy atom. The van der Waals surface area contributed by atoms with Crippen LogP contribution in [0.5, 0.6) is 0 Å². The van der Waals surface area contributed by atoms with E-state index in [0.717, 1.165) is 38.3 Å². The van der Waals surface area contributed by atoms with Gasteiger partial charge in [0.15, 0.2) is 0 Å². The smallest absolute Gasteiger partial charge is 0.261 e. The minimum atomic E-state index is -2.46. The van der Waals surface area contributed by atoms with Crippen LogP contribution in [-0.4, -0.2) is 44.7 Å². The average Bonchev–Trinajstić information content (AvgIpc) is 2.82. The second-order valence-electron chi connectivity index (χ2n) is 5.47. The topological polar surface area (TPSA) is 50.4 Å². The number of hydrogen-bond donors (Lipinski definition) is 2. The van der Waals surface area contributed by atoms with Gasteiger partial charge in [-0.25, -0.2) is 8.78 Å². The molecule has 2 rings (SSSR count). The number of halogens is 2. The standard InChI is InChI=1S/C13H22F2N2O2/c14-12(15)8-19-4-3-13(18)17-11-2-1-9-6-16-7-10(9)5-11/h9-12,16H,1-8H2,(H,17,18)/t9-,10+,11?/m0/s1. The molecule has 19 heavy (non-hydrogen) atoms. The van der Waals surface area contributed by atoms with Crippen molar-refractivity contribution in [3.05, 3.63) is 0 Å². The van der Waals surface area contributed by atoms with E-state index in [-0.39, 0.29) is 25.0 Å². The maximum absolute atomic E-state index is 11.8. The van der Waals surface area contributed by atoms with Crippen molar-refractivity contribution >= 4 is 5.91 Å². The van der Waals surface area contributed by atoms with E-state index in [1.165, 1.54) is 0 Å². The highest BCUT2D eigenvalue weighted by molar-refractivity contribution is 5.76. The molecule has 1 heterocycles. The van der Waals surface area contributed by atoms with Crippen molar-refractivity contribution in [2.45, 2.75) is 38.2 Å². The number of carbonyl (C=O) groups excluding carboxylic acids is 1. The monoisotopic (exact) mass is 276 g/mol. The molecule has 2 N–H and O–H groups in total. The van der Waals surface area contributed by atoms with Gasteiger partial charge in [0.05, 0.1) is 6.61 Å². The zero-order chi connectivity index (χ0) is 13.7. The maximum atomic E-state index is 11.8. The first kappa shape index (κ1) is 14.7. The van der Waals surface area contributed by atoms with E-state index in [1.54, 1.807) is 0 Å². The molecule has 0 bridgehead atoms. The van der Waals surface area contributed by atoms with E-state index in [4.69, 9.17) is 4.74 Å². The van der Waals surface area contributed by atoms with Crippen LogP contribution in [0.4, 0.5) is 8.78 Å². The Hall–Kier alpha value is -0.750. The Bertz CT molecular complexity index is 302. The first-order chi connectivity index (χ1) is 9.15. The zero-order valence-corrected chi connectivity index (χ0v) is 11.0. The Morgan fingerprint density at radius 2 is 2.11 bits per heavy atom. The van der Waals surface area contributed by atoms with Crippen LogP contribution in [0.2, 0.25) is 0 Å². The minimum absolute atomic E-state index is 0.0660. The summed E-state index contributed by atoms with van der Waals surface area (Å²) in [5, 5.41) is 6.37. The summed E-state index contributed by atoms with van der Waals surface area (Å²) >= 11 is 0. The number of fused-ring (bicyclic) bond motifs is 1. The third kappa shape index (κ3) is 4.69. The highest BCUT2D eigenvalue weighted by atomic mass is 19.3. The molecule has 0 aromatic heterocycles. The van der Waals surface area contributed by atoms with Crippen LogP contribution in [-0.2, 0) is 9.53 Å². The normalized spacial score (nSPS) is 30.4. The molecule has 2 fully saturated rings. The van der Waals surface area contributed by atoms with Crippen LogP contribution >= 0.6 is 0 Å². The molecule has 0 aromatic carbocycles. The highest BCUT2D eigenvalue weighted by Gasteiger charge is 2.34. The van der Waals surface area contributed by atoms with Gasteiger partial charge in [-0.15, -0.1) is 0 Å². The first-order valence-electron chi connectivity index (χ1n) is 7.01. The third-order valence-corrected chi connectivity index (χ3v) is 4.04. The second-order valence-corrected chi connectivity index (χ2v) is 5.47. The lowest BCUT2D eigenvalue weighted by atomic mass is 9.79. The molecule has 1 amide bonds. The van der Waals surface area contributed by atoms with Gasteiger partial charge >= 0.3 is 0 Å². The molecular weight excluding hydrogens is 254 g/mol. The van der Waals surface area contributed by atoms with E-state index in [0.29, 0.717) is 5.92 Å². The summed E-state index contributed by atoms with van der Waals surface area (Å²) in [6, 6.07) is 0.240. The zero-order valence-electron chi connectivity index (χ0n) is 11.0. The van der Waals surface area contributed by atoms with E-state index in [2.05, 4.69) is 10.6 Å². The van der Waals surface area contributed by atoms with Crippen LogP contribution in [0.25, 0.3) is 0 Å². The van der Waals surface area contributed by atoms with Crippen molar-refractivity contribution in [3.8, 4) is 0 Å². The van der Waals surface area contributed by atoms with Crippen molar-refractivity contribution in [1.82, 2.24) is 10.6 Å². The van der Waals surface area contributed by atoms with Crippen molar-refractivity contribution in [2.75, 3.05) is 26.3 Å². The highest BCUT2D eigenvalue weighted by Crippen LogP contribution is 2.32. The van der Waals surface area contributed by atoms with Crippen LogP contribution < -0.4 is 10.6 Å². The number of nitrogens with one attached hydrogen (secondary N) is 2. The van der Waals surface area contributed by atoms with Crippen LogP contribution in [0, 0.1) is 11.8 Å². The van der Waals surface area contributed by atoms with Crippen molar-refractivity contribution in [3.63, 3.8) is 0 Å². The maximum Gasteiger partial charge on any atom is 0.261 e. The number of rotatable bonds is 6. The number of hydrogen-bond acceptors (Lipinski definition) is 3. The molecule has 1 aliphatic heterocycles. The average molecular weight is 276 g/mol. The van der Waals surface area contributed by atoms with Gasteiger partial charge in [0.1, 0.15) is 6.61 Å². The molecule has 3 atom stereocenters. The van der Waals surface area contributed by atoms with E-state index < -0.39 is 13.0 Å².